The zero-order valence-electron chi connectivity index (χ0n) is 12.3. The Hall–Kier alpha value is -2.15. The number of aromatic nitrogens is 2. The maximum atomic E-state index is 12.4. The van der Waals surface area contributed by atoms with Gasteiger partial charge < -0.3 is 14.6 Å². The summed E-state index contributed by atoms with van der Waals surface area (Å²) < 4.78 is 4.88. The van der Waals surface area contributed by atoms with Gasteiger partial charge in [0.05, 0.1) is 13.2 Å². The molecule has 0 spiro atoms. The van der Waals surface area contributed by atoms with E-state index in [0.29, 0.717) is 0 Å². The van der Waals surface area contributed by atoms with Gasteiger partial charge in [-0.2, -0.15) is 0 Å². The van der Waals surface area contributed by atoms with Crippen LogP contribution < -0.4 is 10.2 Å². The van der Waals surface area contributed by atoms with Gasteiger partial charge in [-0.25, -0.2) is 4.98 Å². The number of carbonyl (C=O) groups is 1. The van der Waals surface area contributed by atoms with Crippen molar-refractivity contribution in [3.63, 3.8) is 0 Å². The van der Waals surface area contributed by atoms with Gasteiger partial charge >= 0.3 is 0 Å². The van der Waals surface area contributed by atoms with Crippen LogP contribution in [0.15, 0.2) is 22.4 Å². The van der Waals surface area contributed by atoms with Crippen LogP contribution in [0, 0.1) is 6.92 Å². The molecule has 0 aliphatic rings. The van der Waals surface area contributed by atoms with E-state index in [1.54, 1.807) is 11.9 Å². The van der Waals surface area contributed by atoms with E-state index < -0.39 is 0 Å². The SMILES string of the molecule is COc1c[nH]c(C(=O)N(C)C(C)c2nc(C)cs2)cc1=O. The second-order valence-electron chi connectivity index (χ2n) is 4.70. The Labute approximate surface area is 126 Å². The lowest BCUT2D eigenvalue weighted by atomic mass is 10.2. The molecular formula is C14H17N3O3S. The molecular weight excluding hydrogens is 290 g/mol. The minimum atomic E-state index is -0.328. The summed E-state index contributed by atoms with van der Waals surface area (Å²) in [6.07, 6.45) is 1.39. The fourth-order valence-electron chi connectivity index (χ4n) is 1.84. The molecule has 2 heterocycles. The van der Waals surface area contributed by atoms with E-state index in [2.05, 4.69) is 9.97 Å². The predicted octanol–water partition coefficient (Wildman–Crippen LogP) is 1.98. The van der Waals surface area contributed by atoms with Gasteiger partial charge in [-0.1, -0.05) is 0 Å². The van der Waals surface area contributed by atoms with Gasteiger partial charge in [-0.3, -0.25) is 9.59 Å². The summed E-state index contributed by atoms with van der Waals surface area (Å²) in [6.45, 7) is 3.81. The number of aryl methyl sites for hydroxylation is 1. The summed E-state index contributed by atoms with van der Waals surface area (Å²) in [6, 6.07) is 1.08. The Morgan fingerprint density at radius 2 is 2.24 bits per heavy atom. The van der Waals surface area contributed by atoms with Crippen LogP contribution in [-0.4, -0.2) is 34.9 Å². The number of pyridine rings is 1. The molecule has 0 fully saturated rings. The molecule has 112 valence electrons. The first-order chi connectivity index (χ1) is 9.93. The standard InChI is InChI=1S/C14H17N3O3S/c1-8-7-21-13(16-8)9(2)17(3)14(19)10-5-11(18)12(20-4)6-15-10/h5-7,9H,1-4H3,(H,15,18). The highest BCUT2D eigenvalue weighted by Crippen LogP contribution is 2.23. The van der Waals surface area contributed by atoms with Crippen LogP contribution >= 0.6 is 11.3 Å². The maximum Gasteiger partial charge on any atom is 0.270 e. The third-order valence-corrected chi connectivity index (χ3v) is 4.36. The Morgan fingerprint density at radius 3 is 2.76 bits per heavy atom. The number of aromatic amines is 1. The molecule has 6 nitrogen and oxygen atoms in total. The molecule has 0 radical (unpaired) electrons. The number of hydrogen-bond acceptors (Lipinski definition) is 5. The molecule has 2 aromatic rings. The zero-order valence-corrected chi connectivity index (χ0v) is 13.2. The monoisotopic (exact) mass is 307 g/mol. The number of methoxy groups -OCH3 is 1. The summed E-state index contributed by atoms with van der Waals surface area (Å²) in [5.74, 6) is -0.0899. The molecule has 2 aromatic heterocycles. The van der Waals surface area contributed by atoms with Crippen molar-refractivity contribution in [1.29, 1.82) is 0 Å². The number of ether oxygens (including phenoxy) is 1. The van der Waals surface area contributed by atoms with E-state index in [1.807, 2.05) is 19.2 Å². The molecule has 0 aromatic carbocycles. The second kappa shape index (κ2) is 6.09. The van der Waals surface area contributed by atoms with E-state index >= 15 is 0 Å². The van der Waals surface area contributed by atoms with Gasteiger partial charge in [0.25, 0.3) is 5.91 Å². The van der Waals surface area contributed by atoms with Gasteiger partial charge in [0.1, 0.15) is 10.7 Å². The number of rotatable bonds is 4. The van der Waals surface area contributed by atoms with E-state index in [1.165, 1.54) is 30.7 Å². The summed E-state index contributed by atoms with van der Waals surface area (Å²) in [5, 5.41) is 2.80. The van der Waals surface area contributed by atoms with E-state index in [9.17, 15) is 9.59 Å². The summed E-state index contributed by atoms with van der Waals surface area (Å²) in [7, 11) is 3.09. The molecule has 1 amide bonds. The van der Waals surface area contributed by atoms with Crippen LogP contribution in [0.5, 0.6) is 5.75 Å². The predicted molar refractivity (Wildman–Crippen MR) is 81.0 cm³/mol. The Morgan fingerprint density at radius 1 is 1.52 bits per heavy atom. The van der Waals surface area contributed by atoms with Crippen molar-refractivity contribution >= 4 is 17.2 Å². The average molecular weight is 307 g/mol. The molecule has 7 heteroatoms. The van der Waals surface area contributed by atoms with Crippen LogP contribution in [0.3, 0.4) is 0 Å². The number of nitrogens with one attached hydrogen (secondary N) is 1. The quantitative estimate of drug-likeness (QED) is 0.937. The van der Waals surface area contributed by atoms with Crippen LogP contribution in [0.25, 0.3) is 0 Å². The Bertz CT molecular complexity index is 707. The molecule has 0 bridgehead atoms. The van der Waals surface area contributed by atoms with E-state index in [4.69, 9.17) is 4.74 Å². The lowest BCUT2D eigenvalue weighted by molar-refractivity contribution is 0.0736. The normalized spacial score (nSPS) is 12.0. The van der Waals surface area contributed by atoms with Crippen molar-refractivity contribution in [2.75, 3.05) is 14.2 Å². The molecule has 1 N–H and O–H groups in total. The van der Waals surface area contributed by atoms with Gasteiger partial charge in [-0.05, 0) is 13.8 Å². The first kappa shape index (κ1) is 15.2. The molecule has 0 saturated heterocycles. The van der Waals surface area contributed by atoms with E-state index in [-0.39, 0.29) is 28.8 Å². The third kappa shape index (κ3) is 3.13. The first-order valence-corrected chi connectivity index (χ1v) is 7.28. The van der Waals surface area contributed by atoms with Gasteiger partial charge in [-0.15, -0.1) is 11.3 Å². The van der Waals surface area contributed by atoms with Crippen molar-refractivity contribution in [1.82, 2.24) is 14.9 Å². The average Bonchev–Trinajstić information content (AvgIpc) is 2.91. The second-order valence-corrected chi connectivity index (χ2v) is 5.59. The van der Waals surface area contributed by atoms with Gasteiger partial charge in [0.2, 0.25) is 5.43 Å². The molecule has 1 atom stereocenters. The van der Waals surface area contributed by atoms with Crippen LogP contribution in [0.1, 0.15) is 34.2 Å². The van der Waals surface area contributed by atoms with Crippen molar-refractivity contribution in [3.8, 4) is 5.75 Å². The highest BCUT2D eigenvalue weighted by atomic mass is 32.1. The van der Waals surface area contributed by atoms with Gasteiger partial charge in [0, 0.05) is 30.4 Å². The van der Waals surface area contributed by atoms with E-state index in [0.717, 1.165) is 10.7 Å². The number of hydrogen-bond donors (Lipinski definition) is 1. The number of H-pyrrole nitrogens is 1. The lowest BCUT2D eigenvalue weighted by Gasteiger charge is -2.23. The van der Waals surface area contributed by atoms with Crippen molar-refractivity contribution in [2.24, 2.45) is 0 Å². The smallest absolute Gasteiger partial charge is 0.270 e. The van der Waals surface area contributed by atoms with Crippen molar-refractivity contribution in [3.05, 3.63) is 44.3 Å². The number of carbonyl (C=O) groups excluding carboxylic acids is 1. The molecule has 0 saturated carbocycles. The topological polar surface area (TPSA) is 75.3 Å². The van der Waals surface area contributed by atoms with Crippen LogP contribution in [0.4, 0.5) is 0 Å². The molecule has 0 aliphatic heterocycles. The van der Waals surface area contributed by atoms with Crippen molar-refractivity contribution < 1.29 is 9.53 Å². The van der Waals surface area contributed by atoms with Crippen LogP contribution in [0.2, 0.25) is 0 Å². The van der Waals surface area contributed by atoms with Gasteiger partial charge in [0.15, 0.2) is 5.75 Å². The summed E-state index contributed by atoms with van der Waals surface area (Å²) in [5.41, 5.74) is 0.828. The fourth-order valence-corrected chi connectivity index (χ4v) is 2.73. The lowest BCUT2D eigenvalue weighted by Crippen LogP contribution is -2.31. The highest BCUT2D eigenvalue weighted by molar-refractivity contribution is 7.09. The Kier molecular flexibility index (Phi) is 4.42. The van der Waals surface area contributed by atoms with Crippen LogP contribution in [-0.2, 0) is 0 Å². The fraction of sp³-hybridized carbons (Fsp3) is 0.357. The molecule has 21 heavy (non-hydrogen) atoms. The molecule has 1 unspecified atom stereocenters. The molecule has 0 aliphatic carbocycles. The number of thiazole rings is 1. The van der Waals surface area contributed by atoms with Crippen molar-refractivity contribution in [2.45, 2.75) is 19.9 Å². The molecule has 2 rings (SSSR count). The minimum absolute atomic E-state index is 0.165. The minimum Gasteiger partial charge on any atom is -0.491 e. The number of amides is 1. The summed E-state index contributed by atoms with van der Waals surface area (Å²) >= 11 is 1.51. The Balaban J connectivity index is 2.23. The summed E-state index contributed by atoms with van der Waals surface area (Å²) in [4.78, 5) is 32.8. The third-order valence-electron chi connectivity index (χ3n) is 3.22. The maximum absolute atomic E-state index is 12.4. The highest BCUT2D eigenvalue weighted by Gasteiger charge is 2.22. The zero-order chi connectivity index (χ0) is 15.6. The largest absolute Gasteiger partial charge is 0.491 e. The first-order valence-electron chi connectivity index (χ1n) is 6.40. The number of nitrogens with zero attached hydrogens (tertiary/aromatic N) is 2.